The molecule has 1 N–H and O–H groups in total. The number of nitriles is 1. The maximum Gasteiger partial charge on any atom is 0.221 e. The van der Waals surface area contributed by atoms with Gasteiger partial charge in [-0.2, -0.15) is 5.26 Å². The molecule has 1 fully saturated rings. The number of fused-ring (bicyclic) bond motifs is 1. The predicted molar refractivity (Wildman–Crippen MR) is 88.8 cm³/mol. The summed E-state index contributed by atoms with van der Waals surface area (Å²) in [6, 6.07) is 7.47. The molecular formula is C18H19N3O3. The SMILES string of the molecule is CC[C@@H]1CC(=O)N[C@@H]1COc1nccc2cc(C#N)c(OC)cc12. The van der Waals surface area contributed by atoms with Crippen molar-refractivity contribution in [2.75, 3.05) is 13.7 Å². The van der Waals surface area contributed by atoms with E-state index in [2.05, 4.69) is 23.3 Å². The molecule has 0 saturated carbocycles. The number of nitrogens with zero attached hydrogens (tertiary/aromatic N) is 2. The van der Waals surface area contributed by atoms with Crippen LogP contribution in [0.15, 0.2) is 24.4 Å². The molecule has 1 aromatic carbocycles. The molecule has 1 aliphatic heterocycles. The van der Waals surface area contributed by atoms with Crippen molar-refractivity contribution in [3.8, 4) is 17.7 Å². The Labute approximate surface area is 140 Å². The highest BCUT2D eigenvalue weighted by Gasteiger charge is 2.31. The molecule has 2 heterocycles. The van der Waals surface area contributed by atoms with Crippen LogP contribution in [0.4, 0.5) is 0 Å². The van der Waals surface area contributed by atoms with E-state index in [0.29, 0.717) is 30.2 Å². The third-order valence-electron chi connectivity index (χ3n) is 4.46. The Balaban J connectivity index is 1.87. The number of ether oxygens (including phenoxy) is 2. The van der Waals surface area contributed by atoms with Gasteiger partial charge in [0.05, 0.1) is 18.7 Å². The number of hydrogen-bond donors (Lipinski definition) is 1. The third kappa shape index (κ3) is 2.98. The number of amides is 1. The first-order chi connectivity index (χ1) is 11.7. The molecule has 24 heavy (non-hydrogen) atoms. The maximum absolute atomic E-state index is 11.6. The van der Waals surface area contributed by atoms with E-state index in [9.17, 15) is 10.1 Å². The highest BCUT2D eigenvalue weighted by Crippen LogP contribution is 2.31. The summed E-state index contributed by atoms with van der Waals surface area (Å²) in [5.74, 6) is 1.32. The number of hydrogen-bond acceptors (Lipinski definition) is 5. The van der Waals surface area contributed by atoms with Crippen LogP contribution in [0.2, 0.25) is 0 Å². The Morgan fingerprint density at radius 1 is 1.46 bits per heavy atom. The lowest BCUT2D eigenvalue weighted by molar-refractivity contribution is -0.119. The number of rotatable bonds is 5. The molecular weight excluding hydrogens is 306 g/mol. The zero-order valence-electron chi connectivity index (χ0n) is 13.7. The van der Waals surface area contributed by atoms with Gasteiger partial charge in [0.2, 0.25) is 11.8 Å². The Morgan fingerprint density at radius 3 is 3.00 bits per heavy atom. The summed E-state index contributed by atoms with van der Waals surface area (Å²) in [6.07, 6.45) is 3.12. The monoisotopic (exact) mass is 325 g/mol. The molecule has 1 amide bonds. The van der Waals surface area contributed by atoms with Crippen LogP contribution in [-0.2, 0) is 4.79 Å². The molecule has 6 heteroatoms. The van der Waals surface area contributed by atoms with E-state index < -0.39 is 0 Å². The third-order valence-corrected chi connectivity index (χ3v) is 4.46. The van der Waals surface area contributed by atoms with Crippen molar-refractivity contribution in [2.24, 2.45) is 5.92 Å². The largest absolute Gasteiger partial charge is 0.495 e. The first kappa shape index (κ1) is 16.1. The van der Waals surface area contributed by atoms with Gasteiger partial charge in [0, 0.05) is 18.0 Å². The average Bonchev–Trinajstić information content (AvgIpc) is 2.98. The normalized spacial score (nSPS) is 19.8. The van der Waals surface area contributed by atoms with Crippen molar-refractivity contribution in [1.82, 2.24) is 10.3 Å². The van der Waals surface area contributed by atoms with E-state index in [-0.39, 0.29) is 17.9 Å². The van der Waals surface area contributed by atoms with Gasteiger partial charge in [-0.3, -0.25) is 4.79 Å². The van der Waals surface area contributed by atoms with Crippen LogP contribution in [0, 0.1) is 17.2 Å². The predicted octanol–water partition coefficient (Wildman–Crippen LogP) is 2.41. The lowest BCUT2D eigenvalue weighted by Gasteiger charge is -2.18. The van der Waals surface area contributed by atoms with Gasteiger partial charge in [0.1, 0.15) is 18.4 Å². The lowest BCUT2D eigenvalue weighted by atomic mass is 9.98. The molecule has 0 unspecified atom stereocenters. The van der Waals surface area contributed by atoms with Crippen LogP contribution in [-0.4, -0.2) is 30.6 Å². The molecule has 124 valence electrons. The molecule has 0 spiro atoms. The van der Waals surface area contributed by atoms with Crippen molar-refractivity contribution in [2.45, 2.75) is 25.8 Å². The van der Waals surface area contributed by atoms with Gasteiger partial charge in [-0.15, -0.1) is 0 Å². The fourth-order valence-electron chi connectivity index (χ4n) is 3.09. The second kappa shape index (κ2) is 6.75. The minimum atomic E-state index is -0.000154. The summed E-state index contributed by atoms with van der Waals surface area (Å²) in [5, 5.41) is 13.8. The van der Waals surface area contributed by atoms with E-state index in [1.54, 1.807) is 18.3 Å². The van der Waals surface area contributed by atoms with Gasteiger partial charge in [-0.05, 0) is 29.5 Å². The maximum atomic E-state index is 11.6. The number of carbonyl (C=O) groups excluding carboxylic acids is 1. The summed E-state index contributed by atoms with van der Waals surface area (Å²) < 4.78 is 11.2. The molecule has 2 aromatic rings. The number of nitrogens with one attached hydrogen (secondary N) is 1. The second-order valence-electron chi connectivity index (χ2n) is 5.86. The van der Waals surface area contributed by atoms with E-state index >= 15 is 0 Å². The fourth-order valence-corrected chi connectivity index (χ4v) is 3.09. The molecule has 1 aromatic heterocycles. The summed E-state index contributed by atoms with van der Waals surface area (Å²) in [4.78, 5) is 15.9. The van der Waals surface area contributed by atoms with Gasteiger partial charge >= 0.3 is 0 Å². The van der Waals surface area contributed by atoms with Crippen molar-refractivity contribution >= 4 is 16.7 Å². The molecule has 0 bridgehead atoms. The van der Waals surface area contributed by atoms with Gasteiger partial charge in [0.15, 0.2) is 0 Å². The van der Waals surface area contributed by atoms with Crippen molar-refractivity contribution < 1.29 is 14.3 Å². The molecule has 0 radical (unpaired) electrons. The topological polar surface area (TPSA) is 84.2 Å². The van der Waals surface area contributed by atoms with E-state index in [4.69, 9.17) is 9.47 Å². The number of benzene rings is 1. The van der Waals surface area contributed by atoms with Gasteiger partial charge in [-0.1, -0.05) is 13.3 Å². The van der Waals surface area contributed by atoms with Crippen molar-refractivity contribution in [3.63, 3.8) is 0 Å². The van der Waals surface area contributed by atoms with Gasteiger partial charge in [-0.25, -0.2) is 4.98 Å². The van der Waals surface area contributed by atoms with Gasteiger partial charge < -0.3 is 14.8 Å². The standard InChI is InChI=1S/C18H19N3O3/c1-3-11-7-17(22)21-15(11)10-24-18-14-8-16(23-2)13(9-19)6-12(14)4-5-20-18/h4-6,8,11,15H,3,7,10H2,1-2H3,(H,21,22)/t11-,15-/m1/s1. The fraction of sp³-hybridized carbons (Fsp3) is 0.389. The quantitative estimate of drug-likeness (QED) is 0.912. The van der Waals surface area contributed by atoms with Crippen LogP contribution in [0.5, 0.6) is 11.6 Å². The molecule has 1 aliphatic rings. The average molecular weight is 325 g/mol. The summed E-state index contributed by atoms with van der Waals surface area (Å²) in [6.45, 7) is 2.45. The zero-order chi connectivity index (χ0) is 17.1. The van der Waals surface area contributed by atoms with E-state index in [1.165, 1.54) is 7.11 Å². The first-order valence-electron chi connectivity index (χ1n) is 7.95. The molecule has 0 aliphatic carbocycles. The van der Waals surface area contributed by atoms with Crippen LogP contribution in [0.3, 0.4) is 0 Å². The van der Waals surface area contributed by atoms with Crippen LogP contribution >= 0.6 is 0 Å². The Bertz CT molecular complexity index is 813. The number of pyridine rings is 1. The summed E-state index contributed by atoms with van der Waals surface area (Å²) in [7, 11) is 1.53. The summed E-state index contributed by atoms with van der Waals surface area (Å²) in [5.41, 5.74) is 0.469. The van der Waals surface area contributed by atoms with Crippen LogP contribution < -0.4 is 14.8 Å². The van der Waals surface area contributed by atoms with Crippen LogP contribution in [0.1, 0.15) is 25.3 Å². The Morgan fingerprint density at radius 2 is 2.29 bits per heavy atom. The first-order valence-corrected chi connectivity index (χ1v) is 7.95. The number of aromatic nitrogens is 1. The highest BCUT2D eigenvalue weighted by molar-refractivity contribution is 5.89. The van der Waals surface area contributed by atoms with Crippen LogP contribution in [0.25, 0.3) is 10.8 Å². The molecule has 1 saturated heterocycles. The van der Waals surface area contributed by atoms with Crippen molar-refractivity contribution in [1.29, 1.82) is 5.26 Å². The lowest BCUT2D eigenvalue weighted by Crippen LogP contribution is -2.34. The van der Waals surface area contributed by atoms with E-state index in [0.717, 1.165) is 17.2 Å². The highest BCUT2D eigenvalue weighted by atomic mass is 16.5. The smallest absolute Gasteiger partial charge is 0.221 e. The van der Waals surface area contributed by atoms with Crippen molar-refractivity contribution in [3.05, 3.63) is 30.0 Å². The second-order valence-corrected chi connectivity index (χ2v) is 5.86. The van der Waals surface area contributed by atoms with Gasteiger partial charge in [0.25, 0.3) is 0 Å². The Kier molecular flexibility index (Phi) is 4.52. The molecule has 3 rings (SSSR count). The minimum Gasteiger partial charge on any atom is -0.495 e. The molecule has 2 atom stereocenters. The minimum absolute atomic E-state index is 0.000154. The zero-order valence-corrected chi connectivity index (χ0v) is 13.7. The van der Waals surface area contributed by atoms with E-state index in [1.807, 2.05) is 6.07 Å². The Hall–Kier alpha value is -2.81. The molecule has 6 nitrogen and oxygen atoms in total. The number of methoxy groups -OCH3 is 1. The summed E-state index contributed by atoms with van der Waals surface area (Å²) >= 11 is 0. The number of carbonyl (C=O) groups is 1.